The van der Waals surface area contributed by atoms with Gasteiger partial charge in [0.1, 0.15) is 0 Å². The lowest BCUT2D eigenvalue weighted by molar-refractivity contribution is 0.199. The molecule has 108 valence electrons. The fraction of sp³-hybridized carbons (Fsp3) is 0.357. The highest BCUT2D eigenvalue weighted by atomic mass is 35.5. The van der Waals surface area contributed by atoms with Crippen LogP contribution in [0, 0.1) is 0 Å². The summed E-state index contributed by atoms with van der Waals surface area (Å²) in [6, 6.07) is 6.11. The van der Waals surface area contributed by atoms with Crippen LogP contribution in [0.15, 0.2) is 40.6 Å². The van der Waals surface area contributed by atoms with Crippen molar-refractivity contribution in [2.75, 3.05) is 20.3 Å². The molecule has 2 aromatic rings. The second kappa shape index (κ2) is 7.69. The van der Waals surface area contributed by atoms with Crippen molar-refractivity contribution in [3.05, 3.63) is 41.2 Å². The second-order valence-electron chi connectivity index (χ2n) is 4.36. The van der Waals surface area contributed by atoms with Crippen molar-refractivity contribution in [1.29, 1.82) is 0 Å². The third-order valence-electron chi connectivity index (χ3n) is 2.79. The number of benzene rings is 1. The summed E-state index contributed by atoms with van der Waals surface area (Å²) in [5.41, 5.74) is 1.16. The van der Waals surface area contributed by atoms with E-state index in [0.717, 1.165) is 33.7 Å². The van der Waals surface area contributed by atoms with E-state index in [1.165, 1.54) is 0 Å². The maximum absolute atomic E-state index is 6.33. The quantitative estimate of drug-likeness (QED) is 0.798. The number of hydrogen-bond donors (Lipinski definition) is 1. The Bertz CT molecular complexity index is 559. The van der Waals surface area contributed by atoms with Crippen molar-refractivity contribution in [3.63, 3.8) is 0 Å². The van der Waals surface area contributed by atoms with Gasteiger partial charge in [-0.1, -0.05) is 29.4 Å². The predicted octanol–water partition coefficient (Wildman–Crippen LogP) is 2.96. The van der Waals surface area contributed by atoms with Gasteiger partial charge < -0.3 is 14.6 Å². The summed E-state index contributed by atoms with van der Waals surface area (Å²) in [6.45, 7) is 2.33. The average molecular weight is 312 g/mol. The molecule has 0 spiro atoms. The number of nitrogens with zero attached hydrogens (tertiary/aromatic N) is 2. The molecular weight excluding hydrogens is 294 g/mol. The maximum Gasteiger partial charge on any atom is 0.172 e. The molecule has 1 N–H and O–H groups in total. The van der Waals surface area contributed by atoms with Crippen LogP contribution in [-0.4, -0.2) is 29.8 Å². The highest BCUT2D eigenvalue weighted by molar-refractivity contribution is 7.99. The number of ether oxygens (including phenoxy) is 1. The molecule has 4 nitrogen and oxygen atoms in total. The van der Waals surface area contributed by atoms with Gasteiger partial charge in [-0.15, -0.1) is 0 Å². The molecule has 0 fully saturated rings. The topological polar surface area (TPSA) is 39.1 Å². The van der Waals surface area contributed by atoms with Crippen LogP contribution in [0.1, 0.15) is 5.56 Å². The first-order valence-electron chi connectivity index (χ1n) is 6.34. The molecule has 1 heterocycles. The van der Waals surface area contributed by atoms with E-state index in [0.29, 0.717) is 6.61 Å². The Labute approximate surface area is 128 Å². The number of rotatable bonds is 7. The lowest BCUT2D eigenvalue weighted by Crippen LogP contribution is -2.18. The van der Waals surface area contributed by atoms with E-state index in [1.807, 2.05) is 29.9 Å². The van der Waals surface area contributed by atoms with Gasteiger partial charge in [-0.25, -0.2) is 4.98 Å². The molecule has 0 saturated carbocycles. The number of aryl methyl sites for hydroxylation is 1. The van der Waals surface area contributed by atoms with E-state index in [2.05, 4.69) is 16.4 Å². The van der Waals surface area contributed by atoms with Crippen molar-refractivity contribution in [3.8, 4) is 0 Å². The van der Waals surface area contributed by atoms with Gasteiger partial charge in [-0.3, -0.25) is 0 Å². The first-order chi connectivity index (χ1) is 9.70. The molecule has 20 heavy (non-hydrogen) atoms. The number of imidazole rings is 1. The maximum atomic E-state index is 6.33. The van der Waals surface area contributed by atoms with Gasteiger partial charge in [0.25, 0.3) is 0 Å². The Kier molecular flexibility index (Phi) is 5.91. The molecule has 0 aliphatic heterocycles. The van der Waals surface area contributed by atoms with Crippen LogP contribution in [0.3, 0.4) is 0 Å². The van der Waals surface area contributed by atoms with Crippen molar-refractivity contribution in [1.82, 2.24) is 14.9 Å². The first-order valence-corrected chi connectivity index (χ1v) is 7.53. The molecule has 6 heteroatoms. The number of aromatic nitrogens is 2. The van der Waals surface area contributed by atoms with Crippen LogP contribution in [0.25, 0.3) is 0 Å². The largest absolute Gasteiger partial charge is 0.383 e. The molecule has 0 aliphatic carbocycles. The Morgan fingerprint density at radius 1 is 1.45 bits per heavy atom. The molecule has 1 aromatic heterocycles. The minimum absolute atomic E-state index is 0.709. The van der Waals surface area contributed by atoms with Crippen LogP contribution < -0.4 is 5.32 Å². The van der Waals surface area contributed by atoms with Gasteiger partial charge in [0, 0.05) is 44.5 Å². The van der Waals surface area contributed by atoms with Gasteiger partial charge in [0.2, 0.25) is 0 Å². The van der Waals surface area contributed by atoms with Crippen LogP contribution in [0.4, 0.5) is 0 Å². The molecule has 0 bridgehead atoms. The third kappa shape index (κ3) is 4.24. The molecule has 0 amide bonds. The minimum atomic E-state index is 0.709. The number of halogens is 1. The number of methoxy groups -OCH3 is 1. The molecule has 0 aliphatic rings. The standard InChI is InChI=1S/C14H18ClN3OS/c1-18-7-5-17-14(18)20-13-4-3-11(9-12(13)15)10-16-6-8-19-2/h3-5,7,9,16H,6,8,10H2,1-2H3. The van der Waals surface area contributed by atoms with E-state index >= 15 is 0 Å². The minimum Gasteiger partial charge on any atom is -0.383 e. The van der Waals surface area contributed by atoms with Crippen LogP contribution in [0.5, 0.6) is 0 Å². The molecule has 0 radical (unpaired) electrons. The van der Waals surface area contributed by atoms with Crippen LogP contribution in [-0.2, 0) is 18.3 Å². The van der Waals surface area contributed by atoms with E-state index in [4.69, 9.17) is 16.3 Å². The SMILES string of the molecule is COCCNCc1ccc(Sc2nccn2C)c(Cl)c1. The summed E-state index contributed by atoms with van der Waals surface area (Å²) in [7, 11) is 3.67. The van der Waals surface area contributed by atoms with E-state index < -0.39 is 0 Å². The van der Waals surface area contributed by atoms with Crippen molar-refractivity contribution in [2.45, 2.75) is 16.6 Å². The molecule has 0 unspecified atom stereocenters. The molecule has 1 aromatic carbocycles. The summed E-state index contributed by atoms with van der Waals surface area (Å²) in [5, 5.41) is 4.98. The molecular formula is C14H18ClN3OS. The highest BCUT2D eigenvalue weighted by Gasteiger charge is 2.07. The molecule has 0 atom stereocenters. The summed E-state index contributed by atoms with van der Waals surface area (Å²) >= 11 is 7.90. The summed E-state index contributed by atoms with van der Waals surface area (Å²) in [4.78, 5) is 5.30. The Hall–Kier alpha value is -1.01. The zero-order valence-electron chi connectivity index (χ0n) is 11.6. The van der Waals surface area contributed by atoms with E-state index in [9.17, 15) is 0 Å². The van der Waals surface area contributed by atoms with Crippen molar-refractivity contribution in [2.24, 2.45) is 7.05 Å². The van der Waals surface area contributed by atoms with Gasteiger partial charge in [-0.2, -0.15) is 0 Å². The Morgan fingerprint density at radius 3 is 2.95 bits per heavy atom. The molecule has 0 saturated heterocycles. The Balaban J connectivity index is 1.97. The van der Waals surface area contributed by atoms with Gasteiger partial charge in [0.05, 0.1) is 11.6 Å². The summed E-state index contributed by atoms with van der Waals surface area (Å²) < 4.78 is 6.96. The lowest BCUT2D eigenvalue weighted by atomic mass is 10.2. The van der Waals surface area contributed by atoms with Crippen molar-refractivity contribution >= 4 is 23.4 Å². The monoisotopic (exact) mass is 311 g/mol. The van der Waals surface area contributed by atoms with Crippen molar-refractivity contribution < 1.29 is 4.74 Å². The first kappa shape index (κ1) is 15.4. The highest BCUT2D eigenvalue weighted by Crippen LogP contribution is 2.32. The van der Waals surface area contributed by atoms with Gasteiger partial charge >= 0.3 is 0 Å². The van der Waals surface area contributed by atoms with Crippen LogP contribution >= 0.6 is 23.4 Å². The fourth-order valence-corrected chi connectivity index (χ4v) is 2.82. The fourth-order valence-electron chi connectivity index (χ4n) is 1.69. The van der Waals surface area contributed by atoms with Gasteiger partial charge in [0.15, 0.2) is 5.16 Å². The zero-order chi connectivity index (χ0) is 14.4. The second-order valence-corrected chi connectivity index (χ2v) is 5.77. The average Bonchev–Trinajstić information content (AvgIpc) is 2.83. The zero-order valence-corrected chi connectivity index (χ0v) is 13.2. The number of hydrogen-bond acceptors (Lipinski definition) is 4. The van der Waals surface area contributed by atoms with Gasteiger partial charge in [-0.05, 0) is 17.7 Å². The lowest BCUT2D eigenvalue weighted by Gasteiger charge is -2.08. The number of nitrogens with one attached hydrogen (secondary N) is 1. The normalized spacial score (nSPS) is 10.9. The molecule has 2 rings (SSSR count). The smallest absolute Gasteiger partial charge is 0.172 e. The summed E-state index contributed by atoms with van der Waals surface area (Å²) in [5.74, 6) is 0. The van der Waals surface area contributed by atoms with Crippen LogP contribution in [0.2, 0.25) is 5.02 Å². The Morgan fingerprint density at radius 2 is 2.30 bits per heavy atom. The third-order valence-corrected chi connectivity index (χ3v) is 4.36. The van der Waals surface area contributed by atoms with E-state index in [1.54, 1.807) is 25.1 Å². The summed E-state index contributed by atoms with van der Waals surface area (Å²) in [6.07, 6.45) is 3.70. The predicted molar refractivity (Wildman–Crippen MR) is 82.4 cm³/mol. The van der Waals surface area contributed by atoms with E-state index in [-0.39, 0.29) is 0 Å².